The highest BCUT2D eigenvalue weighted by atomic mass is 15.1. The number of anilines is 3. The second-order valence-corrected chi connectivity index (χ2v) is 4.41. The zero-order valence-corrected chi connectivity index (χ0v) is 11.2. The minimum atomic E-state index is 0.628. The van der Waals surface area contributed by atoms with Crippen molar-refractivity contribution in [1.82, 2.24) is 9.97 Å². The van der Waals surface area contributed by atoms with E-state index in [1.807, 2.05) is 20.0 Å². The highest BCUT2D eigenvalue weighted by Gasteiger charge is 2.03. The van der Waals surface area contributed by atoms with Crippen molar-refractivity contribution < 1.29 is 0 Å². The van der Waals surface area contributed by atoms with Gasteiger partial charge in [0.15, 0.2) is 0 Å². The summed E-state index contributed by atoms with van der Waals surface area (Å²) in [5.74, 6) is 1.43. The highest BCUT2D eigenvalue weighted by molar-refractivity contribution is 5.62. The molecule has 4 nitrogen and oxygen atoms in total. The molecular weight excluding hydrogens is 224 g/mol. The molecule has 0 atom stereocenters. The second kappa shape index (κ2) is 5.04. The first kappa shape index (κ1) is 12.4. The van der Waals surface area contributed by atoms with Crippen LogP contribution in [0.3, 0.4) is 0 Å². The average Bonchev–Trinajstić information content (AvgIpc) is 2.33. The van der Waals surface area contributed by atoms with Gasteiger partial charge in [-0.2, -0.15) is 4.98 Å². The van der Waals surface area contributed by atoms with Gasteiger partial charge < -0.3 is 10.6 Å². The molecule has 4 heteroatoms. The van der Waals surface area contributed by atoms with Gasteiger partial charge >= 0.3 is 0 Å². The van der Waals surface area contributed by atoms with Crippen molar-refractivity contribution in [2.45, 2.75) is 20.8 Å². The Kier molecular flexibility index (Phi) is 3.46. The van der Waals surface area contributed by atoms with Crippen molar-refractivity contribution in [3.8, 4) is 0 Å². The van der Waals surface area contributed by atoms with Gasteiger partial charge in [-0.15, -0.1) is 0 Å². The maximum Gasteiger partial charge on any atom is 0.224 e. The molecule has 94 valence electrons. The molecule has 0 bridgehead atoms. The van der Waals surface area contributed by atoms with Crippen molar-refractivity contribution in [2.75, 3.05) is 17.7 Å². The molecule has 0 fully saturated rings. The summed E-state index contributed by atoms with van der Waals surface area (Å²) in [5, 5.41) is 6.30. The van der Waals surface area contributed by atoms with E-state index in [0.717, 1.165) is 17.2 Å². The quantitative estimate of drug-likeness (QED) is 0.868. The van der Waals surface area contributed by atoms with E-state index in [4.69, 9.17) is 0 Å². The summed E-state index contributed by atoms with van der Waals surface area (Å²) in [4.78, 5) is 8.66. The normalized spacial score (nSPS) is 10.2. The Balaban J connectivity index is 2.33. The van der Waals surface area contributed by atoms with Gasteiger partial charge in [0.2, 0.25) is 5.95 Å². The highest BCUT2D eigenvalue weighted by Crippen LogP contribution is 2.21. The third-order valence-electron chi connectivity index (χ3n) is 2.73. The topological polar surface area (TPSA) is 49.8 Å². The lowest BCUT2D eigenvalue weighted by Crippen LogP contribution is -2.02. The van der Waals surface area contributed by atoms with Gasteiger partial charge in [-0.3, -0.25) is 0 Å². The Morgan fingerprint density at radius 1 is 1.00 bits per heavy atom. The number of nitrogens with zero attached hydrogens (tertiary/aromatic N) is 2. The monoisotopic (exact) mass is 242 g/mol. The number of hydrogen-bond donors (Lipinski definition) is 2. The molecule has 0 saturated carbocycles. The third-order valence-corrected chi connectivity index (χ3v) is 2.73. The van der Waals surface area contributed by atoms with Gasteiger partial charge in [-0.25, -0.2) is 4.98 Å². The Morgan fingerprint density at radius 3 is 2.50 bits per heavy atom. The largest absolute Gasteiger partial charge is 0.357 e. The average molecular weight is 242 g/mol. The molecule has 1 heterocycles. The standard InChI is InChI=1S/C14H18N4/c1-9-5-6-10(2)12(7-9)17-13-8-11(3)16-14(15-4)18-13/h5-8H,1-4H3,(H2,15,16,17,18). The Morgan fingerprint density at radius 2 is 1.78 bits per heavy atom. The summed E-state index contributed by atoms with van der Waals surface area (Å²) in [5.41, 5.74) is 4.43. The Bertz CT molecular complexity index is 564. The molecule has 0 aliphatic rings. The summed E-state index contributed by atoms with van der Waals surface area (Å²) in [6, 6.07) is 8.25. The van der Waals surface area contributed by atoms with E-state index in [2.05, 4.69) is 52.6 Å². The van der Waals surface area contributed by atoms with Gasteiger partial charge in [0.1, 0.15) is 5.82 Å². The molecule has 0 saturated heterocycles. The predicted octanol–water partition coefficient (Wildman–Crippen LogP) is 3.19. The molecule has 18 heavy (non-hydrogen) atoms. The van der Waals surface area contributed by atoms with Crippen LogP contribution in [0.25, 0.3) is 0 Å². The molecule has 0 unspecified atom stereocenters. The van der Waals surface area contributed by atoms with Crippen LogP contribution in [-0.4, -0.2) is 17.0 Å². The van der Waals surface area contributed by atoms with E-state index >= 15 is 0 Å². The zero-order chi connectivity index (χ0) is 13.1. The Labute approximate surface area is 107 Å². The minimum Gasteiger partial charge on any atom is -0.357 e. The van der Waals surface area contributed by atoms with E-state index in [1.165, 1.54) is 11.1 Å². The van der Waals surface area contributed by atoms with Crippen molar-refractivity contribution in [3.05, 3.63) is 41.1 Å². The predicted molar refractivity (Wildman–Crippen MR) is 75.5 cm³/mol. The smallest absolute Gasteiger partial charge is 0.224 e. The van der Waals surface area contributed by atoms with Crippen LogP contribution in [0.2, 0.25) is 0 Å². The molecule has 1 aromatic heterocycles. The number of rotatable bonds is 3. The SMILES string of the molecule is CNc1nc(C)cc(Nc2cc(C)ccc2C)n1. The van der Waals surface area contributed by atoms with E-state index in [0.29, 0.717) is 5.95 Å². The fourth-order valence-electron chi connectivity index (χ4n) is 1.75. The molecule has 1 aromatic carbocycles. The lowest BCUT2D eigenvalue weighted by atomic mass is 10.1. The summed E-state index contributed by atoms with van der Waals surface area (Å²) in [6.45, 7) is 6.11. The minimum absolute atomic E-state index is 0.628. The van der Waals surface area contributed by atoms with E-state index in [-0.39, 0.29) is 0 Å². The Hall–Kier alpha value is -2.10. The second-order valence-electron chi connectivity index (χ2n) is 4.41. The molecule has 0 amide bonds. The summed E-state index contributed by atoms with van der Waals surface area (Å²) >= 11 is 0. The molecule has 0 aliphatic carbocycles. The fourth-order valence-corrected chi connectivity index (χ4v) is 1.75. The van der Waals surface area contributed by atoms with Crippen molar-refractivity contribution in [3.63, 3.8) is 0 Å². The van der Waals surface area contributed by atoms with E-state index in [9.17, 15) is 0 Å². The molecule has 2 N–H and O–H groups in total. The van der Waals surface area contributed by atoms with E-state index < -0.39 is 0 Å². The van der Waals surface area contributed by atoms with Gasteiger partial charge in [-0.05, 0) is 38.0 Å². The molecule has 0 radical (unpaired) electrons. The van der Waals surface area contributed by atoms with E-state index in [1.54, 1.807) is 0 Å². The van der Waals surface area contributed by atoms with Crippen LogP contribution in [0.15, 0.2) is 24.3 Å². The van der Waals surface area contributed by atoms with Crippen molar-refractivity contribution in [1.29, 1.82) is 0 Å². The lowest BCUT2D eigenvalue weighted by Gasteiger charge is -2.11. The van der Waals surface area contributed by atoms with Crippen LogP contribution in [0.5, 0.6) is 0 Å². The molecule has 0 aliphatic heterocycles. The first-order chi connectivity index (χ1) is 8.58. The van der Waals surface area contributed by atoms with Crippen molar-refractivity contribution >= 4 is 17.5 Å². The number of benzene rings is 1. The van der Waals surface area contributed by atoms with Gasteiger partial charge in [0.25, 0.3) is 0 Å². The van der Waals surface area contributed by atoms with Gasteiger partial charge in [0, 0.05) is 24.5 Å². The molecular formula is C14H18N4. The van der Waals surface area contributed by atoms with Crippen LogP contribution in [0.4, 0.5) is 17.5 Å². The summed E-state index contributed by atoms with van der Waals surface area (Å²) in [7, 11) is 1.82. The maximum absolute atomic E-state index is 4.38. The summed E-state index contributed by atoms with van der Waals surface area (Å²) < 4.78 is 0. The number of aryl methyl sites for hydroxylation is 3. The van der Waals surface area contributed by atoms with Crippen molar-refractivity contribution in [2.24, 2.45) is 0 Å². The zero-order valence-electron chi connectivity index (χ0n) is 11.2. The van der Waals surface area contributed by atoms with Crippen LogP contribution >= 0.6 is 0 Å². The van der Waals surface area contributed by atoms with Crippen LogP contribution in [0.1, 0.15) is 16.8 Å². The first-order valence-corrected chi connectivity index (χ1v) is 5.96. The third kappa shape index (κ3) is 2.77. The first-order valence-electron chi connectivity index (χ1n) is 5.96. The van der Waals surface area contributed by atoms with Crippen LogP contribution < -0.4 is 10.6 Å². The molecule has 2 aromatic rings. The maximum atomic E-state index is 4.38. The van der Waals surface area contributed by atoms with Gasteiger partial charge in [0.05, 0.1) is 0 Å². The van der Waals surface area contributed by atoms with Gasteiger partial charge in [-0.1, -0.05) is 12.1 Å². The lowest BCUT2D eigenvalue weighted by molar-refractivity contribution is 1.10. The molecule has 0 spiro atoms. The number of nitrogens with one attached hydrogen (secondary N) is 2. The van der Waals surface area contributed by atoms with Crippen LogP contribution in [-0.2, 0) is 0 Å². The van der Waals surface area contributed by atoms with Crippen LogP contribution in [0, 0.1) is 20.8 Å². The number of aromatic nitrogens is 2. The molecule has 2 rings (SSSR count). The number of hydrogen-bond acceptors (Lipinski definition) is 4. The summed E-state index contributed by atoms with van der Waals surface area (Å²) in [6.07, 6.45) is 0. The fraction of sp³-hybridized carbons (Fsp3) is 0.286.